The summed E-state index contributed by atoms with van der Waals surface area (Å²) < 4.78 is 0. The number of anilines is 1. The number of nitrogens with two attached hydrogens (primary N) is 1. The molecule has 2 aromatic rings. The lowest BCUT2D eigenvalue weighted by Gasteiger charge is -2.19. The number of hydrogen-bond donors (Lipinski definition) is 1. The molecule has 0 unspecified atom stereocenters. The van der Waals surface area contributed by atoms with Gasteiger partial charge in [0.15, 0.2) is 0 Å². The Morgan fingerprint density at radius 2 is 1.84 bits per heavy atom. The van der Waals surface area contributed by atoms with Crippen LogP contribution in [0.2, 0.25) is 0 Å². The van der Waals surface area contributed by atoms with Crippen LogP contribution in [0.25, 0.3) is 11.1 Å². The molecule has 0 saturated carbocycles. The first-order chi connectivity index (χ1) is 9.04. The summed E-state index contributed by atoms with van der Waals surface area (Å²) in [5.41, 5.74) is 12.0. The lowest BCUT2D eigenvalue weighted by atomic mass is 9.95. The zero-order chi connectivity index (χ0) is 14.0. The van der Waals surface area contributed by atoms with Crippen molar-refractivity contribution in [3.63, 3.8) is 0 Å². The summed E-state index contributed by atoms with van der Waals surface area (Å²) in [6, 6.07) is 8.55. The van der Waals surface area contributed by atoms with Crippen molar-refractivity contribution in [2.45, 2.75) is 20.4 Å². The smallest absolute Gasteiger partial charge is 0.133 e. The maximum absolute atomic E-state index is 5.94. The molecule has 19 heavy (non-hydrogen) atoms. The molecule has 0 spiro atoms. The van der Waals surface area contributed by atoms with Crippen LogP contribution in [0.4, 0.5) is 5.82 Å². The third kappa shape index (κ3) is 2.61. The molecule has 2 N–H and O–H groups in total. The van der Waals surface area contributed by atoms with Gasteiger partial charge in [-0.15, -0.1) is 0 Å². The van der Waals surface area contributed by atoms with Crippen molar-refractivity contribution in [1.82, 2.24) is 4.98 Å². The van der Waals surface area contributed by atoms with Gasteiger partial charge in [0.05, 0.1) is 0 Å². The maximum atomic E-state index is 5.94. The topological polar surface area (TPSA) is 42.2 Å². The number of aryl methyl sites for hydroxylation is 2. The van der Waals surface area contributed by atoms with Crippen LogP contribution in [-0.4, -0.2) is 19.1 Å². The highest BCUT2D eigenvalue weighted by atomic mass is 15.1. The van der Waals surface area contributed by atoms with E-state index >= 15 is 0 Å². The molecule has 3 heteroatoms. The standard InChI is InChI=1S/C16H21N3/c1-11-5-6-13(12(2)9-11)14-7-8-18-16(19(3)4)15(14)10-17/h5-9H,10,17H2,1-4H3. The number of benzene rings is 1. The van der Waals surface area contributed by atoms with Gasteiger partial charge >= 0.3 is 0 Å². The second-order valence-electron chi connectivity index (χ2n) is 5.08. The number of pyridine rings is 1. The van der Waals surface area contributed by atoms with Gasteiger partial charge < -0.3 is 10.6 Å². The largest absolute Gasteiger partial charge is 0.362 e. The lowest BCUT2D eigenvalue weighted by Crippen LogP contribution is -2.15. The molecule has 100 valence electrons. The predicted octanol–water partition coefficient (Wildman–Crippen LogP) is 2.89. The van der Waals surface area contributed by atoms with E-state index < -0.39 is 0 Å². The first kappa shape index (κ1) is 13.6. The van der Waals surface area contributed by atoms with Gasteiger partial charge in [-0.1, -0.05) is 23.8 Å². The molecule has 0 aliphatic rings. The molecular formula is C16H21N3. The number of hydrogen-bond acceptors (Lipinski definition) is 3. The minimum atomic E-state index is 0.490. The van der Waals surface area contributed by atoms with Gasteiger partial charge in [-0.2, -0.15) is 0 Å². The van der Waals surface area contributed by atoms with Crippen LogP contribution in [-0.2, 0) is 6.54 Å². The van der Waals surface area contributed by atoms with Crippen molar-refractivity contribution in [2.24, 2.45) is 5.73 Å². The van der Waals surface area contributed by atoms with Crippen LogP contribution in [0.1, 0.15) is 16.7 Å². The highest BCUT2D eigenvalue weighted by Gasteiger charge is 2.13. The number of rotatable bonds is 3. The Morgan fingerprint density at radius 1 is 1.11 bits per heavy atom. The molecule has 3 nitrogen and oxygen atoms in total. The summed E-state index contributed by atoms with van der Waals surface area (Å²) in [4.78, 5) is 6.44. The van der Waals surface area contributed by atoms with Gasteiger partial charge in [0.1, 0.15) is 5.82 Å². The molecule has 0 bridgehead atoms. The summed E-state index contributed by atoms with van der Waals surface area (Å²) in [5.74, 6) is 0.944. The lowest BCUT2D eigenvalue weighted by molar-refractivity contribution is 0.988. The molecule has 1 aromatic heterocycles. The molecule has 0 aliphatic carbocycles. The first-order valence-corrected chi connectivity index (χ1v) is 6.47. The molecule has 0 saturated heterocycles. The molecule has 0 atom stereocenters. The van der Waals surface area contributed by atoms with Crippen molar-refractivity contribution in [1.29, 1.82) is 0 Å². The normalized spacial score (nSPS) is 10.6. The Morgan fingerprint density at radius 3 is 2.42 bits per heavy atom. The second kappa shape index (κ2) is 5.41. The van der Waals surface area contributed by atoms with Crippen molar-refractivity contribution in [3.05, 3.63) is 47.2 Å². The van der Waals surface area contributed by atoms with E-state index in [1.54, 1.807) is 0 Å². The van der Waals surface area contributed by atoms with E-state index in [0.29, 0.717) is 6.54 Å². The average molecular weight is 255 g/mol. The van der Waals surface area contributed by atoms with Gasteiger partial charge in [0, 0.05) is 32.4 Å². The Labute approximate surface area is 115 Å². The van der Waals surface area contributed by atoms with Crippen LogP contribution in [0.15, 0.2) is 30.5 Å². The monoisotopic (exact) mass is 255 g/mol. The third-order valence-electron chi connectivity index (χ3n) is 3.33. The van der Waals surface area contributed by atoms with Crippen LogP contribution in [0, 0.1) is 13.8 Å². The summed E-state index contributed by atoms with van der Waals surface area (Å²) in [5, 5.41) is 0. The average Bonchev–Trinajstić information content (AvgIpc) is 2.37. The van der Waals surface area contributed by atoms with E-state index in [2.05, 4.69) is 37.0 Å². The van der Waals surface area contributed by atoms with Crippen molar-refractivity contribution < 1.29 is 0 Å². The Kier molecular flexibility index (Phi) is 3.86. The highest BCUT2D eigenvalue weighted by Crippen LogP contribution is 2.31. The van der Waals surface area contributed by atoms with Gasteiger partial charge in [-0.05, 0) is 36.6 Å². The zero-order valence-electron chi connectivity index (χ0n) is 12.1. The Balaban J connectivity index is 2.65. The van der Waals surface area contributed by atoms with Crippen LogP contribution < -0.4 is 10.6 Å². The van der Waals surface area contributed by atoms with E-state index in [1.165, 1.54) is 22.3 Å². The molecule has 0 amide bonds. The van der Waals surface area contributed by atoms with E-state index in [-0.39, 0.29) is 0 Å². The van der Waals surface area contributed by atoms with Gasteiger partial charge in [-0.3, -0.25) is 0 Å². The van der Waals surface area contributed by atoms with E-state index in [1.807, 2.05) is 31.3 Å². The molecule has 0 aliphatic heterocycles. The van der Waals surface area contributed by atoms with Crippen LogP contribution >= 0.6 is 0 Å². The first-order valence-electron chi connectivity index (χ1n) is 6.47. The van der Waals surface area contributed by atoms with Crippen molar-refractivity contribution >= 4 is 5.82 Å². The Bertz CT molecular complexity index is 589. The van der Waals surface area contributed by atoms with E-state index in [0.717, 1.165) is 11.4 Å². The number of aromatic nitrogens is 1. The summed E-state index contributed by atoms with van der Waals surface area (Å²) in [6.45, 7) is 4.74. The summed E-state index contributed by atoms with van der Waals surface area (Å²) in [6.07, 6.45) is 1.85. The fourth-order valence-corrected chi connectivity index (χ4v) is 2.44. The SMILES string of the molecule is Cc1ccc(-c2ccnc(N(C)C)c2CN)c(C)c1. The van der Waals surface area contributed by atoms with Gasteiger partial charge in [0.25, 0.3) is 0 Å². The quantitative estimate of drug-likeness (QED) is 0.917. The van der Waals surface area contributed by atoms with Crippen molar-refractivity contribution in [2.75, 3.05) is 19.0 Å². The molecule has 2 rings (SSSR count). The maximum Gasteiger partial charge on any atom is 0.133 e. The summed E-state index contributed by atoms with van der Waals surface area (Å²) >= 11 is 0. The van der Waals surface area contributed by atoms with Crippen LogP contribution in [0.3, 0.4) is 0 Å². The Hall–Kier alpha value is -1.87. The molecule has 0 fully saturated rings. The van der Waals surface area contributed by atoms with Gasteiger partial charge in [-0.25, -0.2) is 4.98 Å². The molecule has 1 aromatic carbocycles. The molecule has 0 radical (unpaired) electrons. The third-order valence-corrected chi connectivity index (χ3v) is 3.33. The fraction of sp³-hybridized carbons (Fsp3) is 0.312. The minimum absolute atomic E-state index is 0.490. The second-order valence-corrected chi connectivity index (χ2v) is 5.08. The van der Waals surface area contributed by atoms with E-state index in [4.69, 9.17) is 5.73 Å². The molecular weight excluding hydrogens is 234 g/mol. The highest BCUT2D eigenvalue weighted by molar-refractivity contribution is 5.74. The zero-order valence-corrected chi connectivity index (χ0v) is 12.1. The minimum Gasteiger partial charge on any atom is -0.362 e. The number of nitrogens with zero attached hydrogens (tertiary/aromatic N) is 2. The fourth-order valence-electron chi connectivity index (χ4n) is 2.44. The molecule has 1 heterocycles. The van der Waals surface area contributed by atoms with Crippen LogP contribution in [0.5, 0.6) is 0 Å². The predicted molar refractivity (Wildman–Crippen MR) is 81.4 cm³/mol. The van der Waals surface area contributed by atoms with Gasteiger partial charge in [0.2, 0.25) is 0 Å². The summed E-state index contributed by atoms with van der Waals surface area (Å²) in [7, 11) is 3.99. The van der Waals surface area contributed by atoms with Crippen molar-refractivity contribution in [3.8, 4) is 11.1 Å². The van der Waals surface area contributed by atoms with E-state index in [9.17, 15) is 0 Å².